The Bertz CT molecular complexity index is 581. The van der Waals surface area contributed by atoms with Gasteiger partial charge in [-0.05, 0) is 31.5 Å². The number of nitrogens with zero attached hydrogens (tertiary/aromatic N) is 3. The zero-order valence-electron chi connectivity index (χ0n) is 11.7. The van der Waals surface area contributed by atoms with Gasteiger partial charge in [0.2, 0.25) is 0 Å². The molecule has 0 saturated carbocycles. The van der Waals surface area contributed by atoms with Crippen LogP contribution in [0.2, 0.25) is 0 Å². The van der Waals surface area contributed by atoms with Crippen LogP contribution in [0.3, 0.4) is 0 Å². The molecule has 1 aromatic heterocycles. The van der Waals surface area contributed by atoms with Crippen LogP contribution in [0.4, 0.5) is 5.69 Å². The molecule has 20 heavy (non-hydrogen) atoms. The molecule has 0 aliphatic carbocycles. The van der Waals surface area contributed by atoms with E-state index in [1.165, 1.54) is 0 Å². The maximum absolute atomic E-state index is 8.44. The number of rotatable bonds is 6. The van der Waals surface area contributed by atoms with Crippen LogP contribution in [0.5, 0.6) is 5.75 Å². The maximum atomic E-state index is 8.44. The minimum atomic E-state index is 0.0754. The summed E-state index contributed by atoms with van der Waals surface area (Å²) in [5.74, 6) is 0.711. The summed E-state index contributed by atoms with van der Waals surface area (Å²) in [5.41, 5.74) is 2.15. The number of nitriles is 1. The SMILES string of the molecule is CC(C)n1cc(NCc2ccc(OCC#N)cc2)cn1. The second-order valence-electron chi connectivity index (χ2n) is 4.75. The summed E-state index contributed by atoms with van der Waals surface area (Å²) < 4.78 is 7.13. The van der Waals surface area contributed by atoms with Gasteiger partial charge in [0.25, 0.3) is 0 Å². The van der Waals surface area contributed by atoms with Gasteiger partial charge in [-0.25, -0.2) is 0 Å². The van der Waals surface area contributed by atoms with Crippen molar-refractivity contribution in [2.24, 2.45) is 0 Å². The molecule has 0 atom stereocenters. The molecule has 0 aliphatic heterocycles. The highest BCUT2D eigenvalue weighted by Crippen LogP contribution is 2.14. The summed E-state index contributed by atoms with van der Waals surface area (Å²) >= 11 is 0. The number of benzene rings is 1. The number of ether oxygens (including phenoxy) is 1. The van der Waals surface area contributed by atoms with Crippen molar-refractivity contribution in [2.45, 2.75) is 26.4 Å². The van der Waals surface area contributed by atoms with E-state index in [0.717, 1.165) is 17.8 Å². The molecule has 5 heteroatoms. The van der Waals surface area contributed by atoms with E-state index in [4.69, 9.17) is 10.00 Å². The predicted octanol–water partition coefficient (Wildman–Crippen LogP) is 2.98. The number of hydrogen-bond donors (Lipinski definition) is 1. The number of anilines is 1. The molecule has 0 spiro atoms. The van der Waals surface area contributed by atoms with E-state index in [1.54, 1.807) is 0 Å². The van der Waals surface area contributed by atoms with E-state index < -0.39 is 0 Å². The Balaban J connectivity index is 1.88. The van der Waals surface area contributed by atoms with E-state index in [2.05, 4.69) is 24.3 Å². The third-order valence-electron chi connectivity index (χ3n) is 2.85. The van der Waals surface area contributed by atoms with Crippen molar-refractivity contribution in [3.8, 4) is 11.8 Å². The largest absolute Gasteiger partial charge is 0.479 e. The highest BCUT2D eigenvalue weighted by atomic mass is 16.5. The lowest BCUT2D eigenvalue weighted by Gasteiger charge is -2.06. The van der Waals surface area contributed by atoms with E-state index >= 15 is 0 Å². The van der Waals surface area contributed by atoms with Gasteiger partial charge >= 0.3 is 0 Å². The van der Waals surface area contributed by atoms with Gasteiger partial charge in [0.05, 0.1) is 11.9 Å². The highest BCUT2D eigenvalue weighted by Gasteiger charge is 2.01. The number of hydrogen-bond acceptors (Lipinski definition) is 4. The van der Waals surface area contributed by atoms with Gasteiger partial charge in [0.15, 0.2) is 6.61 Å². The zero-order chi connectivity index (χ0) is 14.4. The topological polar surface area (TPSA) is 62.9 Å². The molecule has 0 unspecified atom stereocenters. The second kappa shape index (κ2) is 6.62. The maximum Gasteiger partial charge on any atom is 0.174 e. The minimum Gasteiger partial charge on any atom is -0.479 e. The van der Waals surface area contributed by atoms with Crippen LogP contribution in [0.15, 0.2) is 36.7 Å². The lowest BCUT2D eigenvalue weighted by Crippen LogP contribution is -2.01. The lowest BCUT2D eigenvalue weighted by atomic mass is 10.2. The summed E-state index contributed by atoms with van der Waals surface area (Å²) in [5, 5.41) is 16.0. The molecule has 0 fully saturated rings. The van der Waals surface area contributed by atoms with Crippen LogP contribution >= 0.6 is 0 Å². The molecule has 1 aromatic carbocycles. The first-order valence-corrected chi connectivity index (χ1v) is 6.56. The summed E-state index contributed by atoms with van der Waals surface area (Å²) in [7, 11) is 0. The van der Waals surface area contributed by atoms with Gasteiger partial charge in [0, 0.05) is 18.8 Å². The Labute approximate surface area is 118 Å². The van der Waals surface area contributed by atoms with Crippen molar-refractivity contribution >= 4 is 5.69 Å². The van der Waals surface area contributed by atoms with Crippen molar-refractivity contribution in [1.29, 1.82) is 5.26 Å². The molecule has 0 aliphatic rings. The molecule has 2 aromatic rings. The summed E-state index contributed by atoms with van der Waals surface area (Å²) in [6.45, 7) is 4.99. The Hall–Kier alpha value is -2.48. The van der Waals surface area contributed by atoms with Crippen LogP contribution in [0.25, 0.3) is 0 Å². The third-order valence-corrected chi connectivity index (χ3v) is 2.85. The van der Waals surface area contributed by atoms with E-state index in [0.29, 0.717) is 11.8 Å². The Morgan fingerprint density at radius 3 is 2.70 bits per heavy atom. The van der Waals surface area contributed by atoms with Crippen LogP contribution in [-0.2, 0) is 6.54 Å². The average molecular weight is 270 g/mol. The summed E-state index contributed by atoms with van der Waals surface area (Å²) in [6, 6.07) is 10.00. The molecular formula is C15H18N4O. The van der Waals surface area contributed by atoms with Crippen LogP contribution in [-0.4, -0.2) is 16.4 Å². The smallest absolute Gasteiger partial charge is 0.174 e. The number of aromatic nitrogens is 2. The van der Waals surface area contributed by atoms with E-state index in [9.17, 15) is 0 Å². The molecule has 0 bridgehead atoms. The first kappa shape index (κ1) is 13.9. The summed E-state index contributed by atoms with van der Waals surface area (Å²) in [6.07, 6.45) is 3.82. The lowest BCUT2D eigenvalue weighted by molar-refractivity contribution is 0.368. The van der Waals surface area contributed by atoms with Crippen molar-refractivity contribution in [1.82, 2.24) is 9.78 Å². The molecule has 1 heterocycles. The molecule has 1 N–H and O–H groups in total. The fourth-order valence-corrected chi connectivity index (χ4v) is 1.73. The van der Waals surface area contributed by atoms with Gasteiger partial charge < -0.3 is 10.1 Å². The number of nitrogens with one attached hydrogen (secondary N) is 1. The van der Waals surface area contributed by atoms with Gasteiger partial charge in [-0.15, -0.1) is 0 Å². The monoisotopic (exact) mass is 270 g/mol. The van der Waals surface area contributed by atoms with Crippen molar-refractivity contribution in [3.63, 3.8) is 0 Å². The fraction of sp³-hybridized carbons (Fsp3) is 0.333. The molecule has 0 radical (unpaired) electrons. The molecule has 104 valence electrons. The molecule has 0 amide bonds. The highest BCUT2D eigenvalue weighted by molar-refractivity contribution is 5.40. The predicted molar refractivity (Wildman–Crippen MR) is 77.5 cm³/mol. The van der Waals surface area contributed by atoms with Crippen LogP contribution < -0.4 is 10.1 Å². The third kappa shape index (κ3) is 3.75. The van der Waals surface area contributed by atoms with Gasteiger partial charge in [-0.1, -0.05) is 12.1 Å². The van der Waals surface area contributed by atoms with Crippen LogP contribution in [0, 0.1) is 11.3 Å². The fourth-order valence-electron chi connectivity index (χ4n) is 1.73. The first-order valence-electron chi connectivity index (χ1n) is 6.56. The van der Waals surface area contributed by atoms with Crippen molar-refractivity contribution < 1.29 is 4.74 Å². The molecule has 2 rings (SSSR count). The zero-order valence-corrected chi connectivity index (χ0v) is 11.7. The van der Waals surface area contributed by atoms with E-state index in [-0.39, 0.29) is 6.61 Å². The Kier molecular flexibility index (Phi) is 4.61. The minimum absolute atomic E-state index is 0.0754. The van der Waals surface area contributed by atoms with Gasteiger partial charge in [-0.2, -0.15) is 10.4 Å². The Morgan fingerprint density at radius 1 is 1.35 bits per heavy atom. The van der Waals surface area contributed by atoms with Crippen molar-refractivity contribution in [3.05, 3.63) is 42.2 Å². The first-order chi connectivity index (χ1) is 9.69. The molecule has 5 nitrogen and oxygen atoms in total. The van der Waals surface area contributed by atoms with Crippen molar-refractivity contribution in [2.75, 3.05) is 11.9 Å². The normalized spacial score (nSPS) is 10.3. The second-order valence-corrected chi connectivity index (χ2v) is 4.75. The van der Waals surface area contributed by atoms with Crippen LogP contribution in [0.1, 0.15) is 25.5 Å². The quantitative estimate of drug-likeness (QED) is 0.876. The molecular weight excluding hydrogens is 252 g/mol. The van der Waals surface area contributed by atoms with Gasteiger partial charge in [-0.3, -0.25) is 4.68 Å². The Morgan fingerprint density at radius 2 is 2.10 bits per heavy atom. The van der Waals surface area contributed by atoms with E-state index in [1.807, 2.05) is 47.4 Å². The average Bonchev–Trinajstić information content (AvgIpc) is 2.93. The van der Waals surface area contributed by atoms with Gasteiger partial charge in [0.1, 0.15) is 11.8 Å². The molecule has 0 saturated heterocycles. The summed E-state index contributed by atoms with van der Waals surface area (Å²) in [4.78, 5) is 0. The standard InChI is InChI=1S/C15H18N4O/c1-12(2)19-11-14(10-18-19)17-9-13-3-5-15(6-4-13)20-8-7-16/h3-6,10-12,17H,8-9H2,1-2H3.